The Bertz CT molecular complexity index is 795. The normalized spacial score (nSPS) is 15.6. The second-order valence-corrected chi connectivity index (χ2v) is 5.09. The third-order valence-corrected chi connectivity index (χ3v) is 3.48. The van der Waals surface area contributed by atoms with Crippen molar-refractivity contribution in [2.75, 3.05) is 18.5 Å². The highest BCUT2D eigenvalue weighted by atomic mass is 16.6. The SMILES string of the molecule is O=[N+]([O-])c1ccc(NC[C@H]2COc3ccccc3O2)c([N+](=O)[O-])c1. The van der Waals surface area contributed by atoms with E-state index >= 15 is 0 Å². The molecule has 1 heterocycles. The first-order valence-electron chi connectivity index (χ1n) is 7.10. The van der Waals surface area contributed by atoms with Crippen LogP contribution in [0.3, 0.4) is 0 Å². The third-order valence-electron chi connectivity index (χ3n) is 3.48. The van der Waals surface area contributed by atoms with Gasteiger partial charge in [0.05, 0.1) is 22.5 Å². The summed E-state index contributed by atoms with van der Waals surface area (Å²) in [5.41, 5.74) is -0.507. The summed E-state index contributed by atoms with van der Waals surface area (Å²) in [6.45, 7) is 0.553. The van der Waals surface area contributed by atoms with Gasteiger partial charge in [0, 0.05) is 6.07 Å². The molecule has 0 saturated heterocycles. The van der Waals surface area contributed by atoms with Crippen LogP contribution in [0.2, 0.25) is 0 Å². The van der Waals surface area contributed by atoms with Gasteiger partial charge in [-0.15, -0.1) is 0 Å². The van der Waals surface area contributed by atoms with Gasteiger partial charge in [0.25, 0.3) is 11.4 Å². The van der Waals surface area contributed by atoms with Gasteiger partial charge in [-0.2, -0.15) is 0 Å². The minimum absolute atomic E-state index is 0.188. The average Bonchev–Trinajstić information content (AvgIpc) is 2.59. The van der Waals surface area contributed by atoms with Crippen molar-refractivity contribution in [1.29, 1.82) is 0 Å². The zero-order valence-corrected chi connectivity index (χ0v) is 12.4. The number of nitrogens with one attached hydrogen (secondary N) is 1. The number of rotatable bonds is 5. The molecule has 3 rings (SSSR count). The molecule has 124 valence electrons. The number of nitro groups is 2. The van der Waals surface area contributed by atoms with E-state index in [2.05, 4.69) is 5.32 Å². The van der Waals surface area contributed by atoms with E-state index in [-0.39, 0.29) is 29.7 Å². The molecule has 1 atom stereocenters. The lowest BCUT2D eigenvalue weighted by atomic mass is 10.2. The van der Waals surface area contributed by atoms with E-state index in [0.29, 0.717) is 18.1 Å². The molecule has 0 amide bonds. The van der Waals surface area contributed by atoms with Crippen molar-refractivity contribution in [3.05, 3.63) is 62.7 Å². The zero-order valence-electron chi connectivity index (χ0n) is 12.4. The zero-order chi connectivity index (χ0) is 17.1. The van der Waals surface area contributed by atoms with Gasteiger partial charge >= 0.3 is 0 Å². The Labute approximate surface area is 136 Å². The maximum atomic E-state index is 11.1. The lowest BCUT2D eigenvalue weighted by Crippen LogP contribution is -2.35. The highest BCUT2D eigenvalue weighted by molar-refractivity contribution is 5.65. The fourth-order valence-corrected chi connectivity index (χ4v) is 2.32. The molecule has 1 aliphatic heterocycles. The van der Waals surface area contributed by atoms with Gasteiger partial charge in [-0.05, 0) is 18.2 Å². The Morgan fingerprint density at radius 2 is 1.83 bits per heavy atom. The fourth-order valence-electron chi connectivity index (χ4n) is 2.32. The van der Waals surface area contributed by atoms with Gasteiger partial charge in [-0.3, -0.25) is 20.2 Å². The smallest absolute Gasteiger partial charge is 0.299 e. The number of nitrogens with zero attached hydrogens (tertiary/aromatic N) is 2. The van der Waals surface area contributed by atoms with E-state index in [1.807, 2.05) is 12.1 Å². The van der Waals surface area contributed by atoms with Crippen molar-refractivity contribution in [1.82, 2.24) is 0 Å². The Morgan fingerprint density at radius 1 is 1.08 bits per heavy atom. The van der Waals surface area contributed by atoms with Crippen LogP contribution >= 0.6 is 0 Å². The number of benzene rings is 2. The average molecular weight is 331 g/mol. The Kier molecular flexibility index (Phi) is 4.15. The molecule has 0 radical (unpaired) electrons. The number of fused-ring (bicyclic) bond motifs is 1. The van der Waals surface area contributed by atoms with E-state index in [1.165, 1.54) is 12.1 Å². The summed E-state index contributed by atoms with van der Waals surface area (Å²) in [6, 6.07) is 10.7. The minimum Gasteiger partial charge on any atom is -0.486 e. The Hall–Kier alpha value is -3.36. The minimum atomic E-state index is -0.675. The van der Waals surface area contributed by atoms with Crippen molar-refractivity contribution >= 4 is 17.1 Å². The second kappa shape index (κ2) is 6.41. The van der Waals surface area contributed by atoms with Crippen LogP contribution in [0.4, 0.5) is 17.1 Å². The molecule has 1 aliphatic rings. The van der Waals surface area contributed by atoms with Gasteiger partial charge in [-0.25, -0.2) is 0 Å². The summed E-state index contributed by atoms with van der Waals surface area (Å²) >= 11 is 0. The molecule has 1 N–H and O–H groups in total. The number of hydrogen-bond donors (Lipinski definition) is 1. The maximum absolute atomic E-state index is 11.1. The lowest BCUT2D eigenvalue weighted by molar-refractivity contribution is -0.393. The molecule has 0 aromatic heterocycles. The number of nitro benzene ring substituents is 2. The molecule has 9 nitrogen and oxygen atoms in total. The molecular formula is C15H13N3O6. The molecular weight excluding hydrogens is 318 g/mol. The van der Waals surface area contributed by atoms with Gasteiger partial charge < -0.3 is 14.8 Å². The highest BCUT2D eigenvalue weighted by Crippen LogP contribution is 2.32. The van der Waals surface area contributed by atoms with Crippen LogP contribution in [0.1, 0.15) is 0 Å². The first-order chi connectivity index (χ1) is 11.5. The summed E-state index contributed by atoms with van der Waals surface area (Å²) in [4.78, 5) is 20.5. The molecule has 0 unspecified atom stereocenters. The van der Waals surface area contributed by atoms with E-state index in [9.17, 15) is 20.2 Å². The summed E-state index contributed by atoms with van der Waals surface area (Å²) in [5.74, 6) is 1.25. The van der Waals surface area contributed by atoms with E-state index in [4.69, 9.17) is 9.47 Å². The van der Waals surface area contributed by atoms with Crippen molar-refractivity contribution < 1.29 is 19.3 Å². The first-order valence-corrected chi connectivity index (χ1v) is 7.10. The Morgan fingerprint density at radius 3 is 2.54 bits per heavy atom. The van der Waals surface area contributed by atoms with Crippen LogP contribution in [-0.2, 0) is 0 Å². The first kappa shape index (κ1) is 15.5. The summed E-state index contributed by atoms with van der Waals surface area (Å²) < 4.78 is 11.3. The van der Waals surface area contributed by atoms with Gasteiger partial charge in [0.2, 0.25) is 0 Å². The van der Waals surface area contributed by atoms with E-state index in [0.717, 1.165) is 6.07 Å². The lowest BCUT2D eigenvalue weighted by Gasteiger charge is -2.26. The van der Waals surface area contributed by atoms with Crippen LogP contribution in [-0.4, -0.2) is 29.1 Å². The van der Waals surface area contributed by atoms with Crippen LogP contribution in [0.5, 0.6) is 11.5 Å². The molecule has 0 spiro atoms. The van der Waals surface area contributed by atoms with Crippen LogP contribution in [0.25, 0.3) is 0 Å². The number of hydrogen-bond acceptors (Lipinski definition) is 7. The number of non-ortho nitro benzene ring substituents is 1. The predicted octanol–water partition coefficient (Wildman–Crippen LogP) is 2.75. The van der Waals surface area contributed by atoms with Gasteiger partial charge in [0.15, 0.2) is 11.5 Å². The molecule has 0 aliphatic carbocycles. The number of anilines is 1. The number of ether oxygens (including phenoxy) is 2. The van der Waals surface area contributed by atoms with Crippen LogP contribution < -0.4 is 14.8 Å². The predicted molar refractivity (Wildman–Crippen MR) is 84.6 cm³/mol. The van der Waals surface area contributed by atoms with Crippen molar-refractivity contribution in [2.24, 2.45) is 0 Å². The van der Waals surface area contributed by atoms with Crippen molar-refractivity contribution in [3.8, 4) is 11.5 Å². The van der Waals surface area contributed by atoms with E-state index < -0.39 is 9.85 Å². The molecule has 2 aromatic rings. The van der Waals surface area contributed by atoms with Gasteiger partial charge in [-0.1, -0.05) is 12.1 Å². The largest absolute Gasteiger partial charge is 0.486 e. The second-order valence-electron chi connectivity index (χ2n) is 5.09. The molecule has 0 fully saturated rings. The highest BCUT2D eigenvalue weighted by Gasteiger charge is 2.23. The summed E-state index contributed by atoms with van der Waals surface area (Å²) in [5, 5.41) is 24.7. The molecule has 0 saturated carbocycles. The van der Waals surface area contributed by atoms with E-state index in [1.54, 1.807) is 12.1 Å². The molecule has 24 heavy (non-hydrogen) atoms. The summed E-state index contributed by atoms with van der Waals surface area (Å²) in [7, 11) is 0. The summed E-state index contributed by atoms with van der Waals surface area (Å²) in [6.07, 6.45) is -0.338. The van der Waals surface area contributed by atoms with Gasteiger partial charge in [0.1, 0.15) is 18.4 Å². The number of para-hydroxylation sites is 2. The Balaban J connectivity index is 1.71. The molecule has 9 heteroatoms. The quantitative estimate of drug-likeness (QED) is 0.661. The molecule has 0 bridgehead atoms. The molecule has 2 aromatic carbocycles. The van der Waals surface area contributed by atoms with Crippen LogP contribution in [0, 0.1) is 20.2 Å². The van der Waals surface area contributed by atoms with Crippen molar-refractivity contribution in [2.45, 2.75) is 6.10 Å². The monoisotopic (exact) mass is 331 g/mol. The third kappa shape index (κ3) is 3.19. The fraction of sp³-hybridized carbons (Fsp3) is 0.200. The standard InChI is InChI=1S/C15H13N3O6/c19-17(20)10-5-6-12(13(7-10)18(21)22)16-8-11-9-23-14-3-1-2-4-15(14)24-11/h1-7,11,16H,8-9H2/t11-/m0/s1. The topological polar surface area (TPSA) is 117 Å². The van der Waals surface area contributed by atoms with Crippen LogP contribution in [0.15, 0.2) is 42.5 Å². The maximum Gasteiger partial charge on any atom is 0.299 e. The van der Waals surface area contributed by atoms with Crippen molar-refractivity contribution in [3.63, 3.8) is 0 Å².